The van der Waals surface area contributed by atoms with Gasteiger partial charge in [0.25, 0.3) is 29.5 Å². The topological polar surface area (TPSA) is 373 Å². The van der Waals surface area contributed by atoms with E-state index in [1.807, 2.05) is 6.92 Å². The predicted octanol–water partition coefficient (Wildman–Crippen LogP) is 11.0. The lowest BCUT2D eigenvalue weighted by Crippen LogP contribution is -2.57. The molecule has 6 fully saturated rings. The first kappa shape index (κ1) is 80.4. The summed E-state index contributed by atoms with van der Waals surface area (Å²) in [5.74, 6) is 5.40. The third kappa shape index (κ3) is 16.6. The molecule has 6 saturated carbocycles. The van der Waals surface area contributed by atoms with Gasteiger partial charge < -0.3 is 30.9 Å². The standard InChI is InChI=1S/C33H29Cl2N9O3.C29H26Cl2N8O4.C6H11NO.C6H15N.2ClH/c1-31(15-18-2-4-19(16-36)5-3-18)29(47)43(23-13-21(34)12-22(35)14-23)30-37-17-24(44(30)31)26(45)39-33(10-11-33)28(46)40-32(8-9-32)27-38-25(41-42-27)20-6-7-20;1-27(13-16-2-4-17(14-32)5-3-16)25(43)38(20-11-18(30)10-19(31)12-20)26-34-15-21(39(26)27)22(40)35-28(6-7-28)23(41)36-29(8-9-29)24(42)37-33;1-2-8-6(7)5-3-4-5;1-4-7(5-2)6-3;;/h2-5,12-14,17,20H,6-11,15H2,1H3,(H,39,45)(H,40,46)(H,38,41,42);2-5,10-12,15H,6-9,13,33H2,1H3,(H,35,40)(H,36,41)(H,37,42);5,7H,2-4H2,1H3;4-6H2,1-3H3;2*1H/t31-;27-;;;;/m11..../s1. The number of aromatic amines is 1. The van der Waals surface area contributed by atoms with E-state index < -0.39 is 56.9 Å². The molecule has 7 amide bonds. The van der Waals surface area contributed by atoms with Gasteiger partial charge in [0.15, 0.2) is 11.7 Å². The van der Waals surface area contributed by atoms with Crippen molar-refractivity contribution in [1.29, 1.82) is 15.9 Å². The highest BCUT2D eigenvalue weighted by Gasteiger charge is 2.61. The molecule has 8 aliphatic rings. The largest absolute Gasteiger partial charge is 0.481 e. The summed E-state index contributed by atoms with van der Waals surface area (Å²) in [6.07, 6.45) is 11.7. The molecule has 7 aromatic rings. The number of hydrogen-bond acceptors (Lipinski definition) is 17. The highest BCUT2D eigenvalue weighted by Crippen LogP contribution is 2.50. The summed E-state index contributed by atoms with van der Waals surface area (Å²) >= 11 is 25.2. The van der Waals surface area contributed by atoms with Gasteiger partial charge in [0, 0.05) is 44.8 Å². The number of hydrazine groups is 1. The average Bonchev–Trinajstić information content (AvgIpc) is 1.55. The zero-order valence-electron chi connectivity index (χ0n) is 59.7. The number of fused-ring (bicyclic) bond motifs is 2. The summed E-state index contributed by atoms with van der Waals surface area (Å²) < 4.78 is 8.11. The van der Waals surface area contributed by atoms with Crippen LogP contribution in [0.3, 0.4) is 0 Å². The van der Waals surface area contributed by atoms with E-state index in [1.54, 1.807) is 102 Å². The van der Waals surface area contributed by atoms with Gasteiger partial charge >= 0.3 is 0 Å². The Bertz CT molecular complexity index is 4630. The quantitative estimate of drug-likeness (QED) is 0.0103. The number of rotatable bonds is 22. The minimum atomic E-state index is -1.34. The van der Waals surface area contributed by atoms with Crippen molar-refractivity contribution < 1.29 is 38.3 Å². The van der Waals surface area contributed by atoms with Crippen LogP contribution in [0.25, 0.3) is 0 Å². The van der Waals surface area contributed by atoms with Crippen LogP contribution in [0.5, 0.6) is 0 Å². The van der Waals surface area contributed by atoms with Gasteiger partial charge in [0.1, 0.15) is 50.4 Å². The summed E-state index contributed by atoms with van der Waals surface area (Å²) in [6, 6.07) is 27.4. The van der Waals surface area contributed by atoms with Crippen molar-refractivity contribution >= 4 is 142 Å². The van der Waals surface area contributed by atoms with E-state index in [2.05, 4.69) is 89.7 Å². The highest BCUT2D eigenvalue weighted by molar-refractivity contribution is 6.36. The van der Waals surface area contributed by atoms with Gasteiger partial charge in [-0.15, -0.1) is 24.8 Å². The smallest absolute Gasteiger partial charge is 0.270 e. The molecular formula is C74H83Cl6N19O8. The van der Waals surface area contributed by atoms with E-state index in [1.165, 1.54) is 60.7 Å². The molecule has 2 atom stereocenters. The monoisotopic (exact) mass is 1580 g/mol. The number of carbonyl (C=O) groups excluding carboxylic acids is 7. The number of halogens is 6. The summed E-state index contributed by atoms with van der Waals surface area (Å²) in [5.41, 5.74) is -1.13. The fourth-order valence-corrected chi connectivity index (χ4v) is 14.3. The SMILES string of the molecule is CCN(CC)CC.CCOC(=N)C1CC1.C[C@@]1(Cc2ccc(C#N)cc2)C(=O)N(c2cc(Cl)cc(Cl)c2)c2ncc(C(=O)NC3(C(=O)NC4(C(=O)NN)CC4)CC3)n21.C[C@@]1(Cc2ccc(C#N)cc2)C(=O)N(c2cc(Cl)cc(Cl)c2)c2ncc(C(=O)NC3(C(=O)NC4(c5n[nH]c(C6CC6)n5)CC4)CC3)n21.Cl.Cl. The minimum Gasteiger partial charge on any atom is -0.481 e. The van der Waals surface area contributed by atoms with Gasteiger partial charge in [-0.3, -0.25) is 58.6 Å². The zero-order chi connectivity index (χ0) is 75.1. The van der Waals surface area contributed by atoms with Crippen LogP contribution in [0, 0.1) is 34.0 Å². The number of nitrogens with two attached hydrogens (primary N) is 1. The lowest BCUT2D eigenvalue weighted by atomic mass is 9.91. The number of benzene rings is 4. The molecule has 33 heteroatoms. The van der Waals surface area contributed by atoms with Gasteiger partial charge in [-0.05, 0) is 189 Å². The van der Waals surface area contributed by atoms with Gasteiger partial charge in [0.2, 0.25) is 23.7 Å². The molecule has 3 aromatic heterocycles. The molecule has 0 bridgehead atoms. The molecule has 0 unspecified atom stereocenters. The maximum Gasteiger partial charge on any atom is 0.270 e. The first-order valence-electron chi connectivity index (χ1n) is 35.1. The number of nitrogens with one attached hydrogen (secondary N) is 7. The maximum atomic E-state index is 14.3. The molecule has 5 heterocycles. The van der Waals surface area contributed by atoms with E-state index in [0.717, 1.165) is 42.6 Å². The van der Waals surface area contributed by atoms with Crippen LogP contribution < -0.4 is 42.3 Å². The Morgan fingerprint density at radius 3 is 1.35 bits per heavy atom. The molecule has 0 saturated heterocycles. The number of H-pyrrole nitrogens is 1. The molecule has 27 nitrogen and oxygen atoms in total. The second-order valence-corrected chi connectivity index (χ2v) is 30.0. The van der Waals surface area contributed by atoms with Crippen LogP contribution in [0.1, 0.15) is 179 Å². The van der Waals surface area contributed by atoms with Crippen LogP contribution in [0.15, 0.2) is 97.3 Å². The molecule has 4 aromatic carbocycles. The van der Waals surface area contributed by atoms with Crippen molar-refractivity contribution in [3.05, 3.63) is 163 Å². The molecule has 15 rings (SSSR count). The molecule has 107 heavy (non-hydrogen) atoms. The minimum absolute atomic E-state index is 0. The summed E-state index contributed by atoms with van der Waals surface area (Å²) in [7, 11) is 0. The van der Waals surface area contributed by atoms with E-state index in [-0.39, 0.29) is 78.7 Å². The Labute approximate surface area is 651 Å². The number of nitriles is 2. The van der Waals surface area contributed by atoms with Crippen molar-refractivity contribution in [1.82, 2.24) is 65.9 Å². The van der Waals surface area contributed by atoms with Crippen LogP contribution in [-0.4, -0.2) is 129 Å². The van der Waals surface area contributed by atoms with Crippen molar-refractivity contribution in [2.24, 2.45) is 11.8 Å². The summed E-state index contributed by atoms with van der Waals surface area (Å²) in [6.45, 7) is 16.1. The van der Waals surface area contributed by atoms with E-state index in [0.29, 0.717) is 111 Å². The number of carbonyl (C=O) groups is 7. The number of anilines is 4. The van der Waals surface area contributed by atoms with Gasteiger partial charge in [-0.2, -0.15) is 15.6 Å². The van der Waals surface area contributed by atoms with Crippen LogP contribution in [0.4, 0.5) is 23.3 Å². The Morgan fingerprint density at radius 1 is 0.607 bits per heavy atom. The first-order valence-corrected chi connectivity index (χ1v) is 36.6. The third-order valence-corrected chi connectivity index (χ3v) is 21.3. The number of aromatic nitrogens is 7. The fourth-order valence-electron chi connectivity index (χ4n) is 13.3. The number of imidazole rings is 2. The van der Waals surface area contributed by atoms with Crippen molar-refractivity contribution in [3.8, 4) is 12.1 Å². The first-order chi connectivity index (χ1) is 50.2. The molecule has 6 aliphatic carbocycles. The molecule has 564 valence electrons. The molecule has 0 radical (unpaired) electrons. The molecule has 9 N–H and O–H groups in total. The third-order valence-electron chi connectivity index (χ3n) is 20.5. The number of nitrogens with zero attached hydrogens (tertiary/aromatic N) is 11. The maximum absolute atomic E-state index is 14.3. The van der Waals surface area contributed by atoms with Gasteiger partial charge in [-0.1, -0.05) is 91.4 Å². The highest BCUT2D eigenvalue weighted by atomic mass is 35.5. The zero-order valence-corrected chi connectivity index (χ0v) is 64.4. The normalized spacial score (nSPS) is 19.8. The number of hydrogen-bond donors (Lipinski definition) is 8. The van der Waals surface area contributed by atoms with E-state index in [4.69, 9.17) is 62.4 Å². The van der Waals surface area contributed by atoms with Crippen molar-refractivity contribution in [3.63, 3.8) is 0 Å². The fraction of sp³-hybridized carbons (Fsp3) is 0.432. The average molecular weight is 1580 g/mol. The van der Waals surface area contributed by atoms with Crippen LogP contribution in [-0.2, 0) is 58.2 Å². The second-order valence-electron chi connectivity index (χ2n) is 28.2. The molecular weight excluding hydrogens is 1500 g/mol. The number of ether oxygens (including phenoxy) is 1. The van der Waals surface area contributed by atoms with Crippen LogP contribution in [0.2, 0.25) is 20.1 Å². The number of amides is 7. The lowest BCUT2D eigenvalue weighted by Gasteiger charge is -2.27. The second kappa shape index (κ2) is 32.0. The lowest BCUT2D eigenvalue weighted by molar-refractivity contribution is -0.131. The Hall–Kier alpha value is -9.16. The van der Waals surface area contributed by atoms with Gasteiger partial charge in [-0.25, -0.2) is 30.6 Å². The Balaban J connectivity index is 0.000000189. The van der Waals surface area contributed by atoms with E-state index >= 15 is 0 Å². The van der Waals surface area contributed by atoms with Gasteiger partial charge in [0.05, 0.1) is 53.6 Å². The molecule has 0 spiro atoms. The Kier molecular flexibility index (Phi) is 24.0. The summed E-state index contributed by atoms with van der Waals surface area (Å²) in [4.78, 5) is 114. The molecule has 2 aliphatic heterocycles. The van der Waals surface area contributed by atoms with Crippen molar-refractivity contribution in [2.75, 3.05) is 36.0 Å². The Morgan fingerprint density at radius 2 is 1.01 bits per heavy atom. The summed E-state index contributed by atoms with van der Waals surface area (Å²) in [5, 5.41) is 46.1. The predicted molar refractivity (Wildman–Crippen MR) is 407 cm³/mol. The van der Waals surface area contributed by atoms with E-state index in [9.17, 15) is 44.1 Å². The van der Waals surface area contributed by atoms with Crippen LogP contribution >= 0.6 is 71.2 Å². The van der Waals surface area contributed by atoms with Crippen molar-refractivity contribution in [2.45, 2.75) is 171 Å².